The predicted octanol–water partition coefficient (Wildman–Crippen LogP) is 2.41. The summed E-state index contributed by atoms with van der Waals surface area (Å²) in [5.41, 5.74) is 0.0204. The van der Waals surface area contributed by atoms with Crippen LogP contribution in [0.25, 0.3) is 0 Å². The number of nitrogens with zero attached hydrogens (tertiary/aromatic N) is 1. The van der Waals surface area contributed by atoms with Gasteiger partial charge in [-0.3, -0.25) is 4.90 Å². The highest BCUT2D eigenvalue weighted by atomic mass is 16.5. The number of ether oxygens (including phenoxy) is 1. The monoisotopic (exact) mass is 254 g/mol. The van der Waals surface area contributed by atoms with Crippen molar-refractivity contribution >= 4 is 0 Å². The average molecular weight is 254 g/mol. The molecule has 1 aliphatic heterocycles. The molecule has 106 valence electrons. The Labute approximate surface area is 112 Å². The smallest absolute Gasteiger partial charge is 0.0757 e. The molecule has 2 fully saturated rings. The Kier molecular flexibility index (Phi) is 4.68. The van der Waals surface area contributed by atoms with Crippen molar-refractivity contribution in [3.8, 4) is 0 Å². The van der Waals surface area contributed by atoms with Crippen LogP contribution in [0.2, 0.25) is 0 Å². The minimum atomic E-state index is 0.0204. The molecular formula is C15H30N2O. The lowest BCUT2D eigenvalue weighted by molar-refractivity contribution is -0.137. The highest BCUT2D eigenvalue weighted by Crippen LogP contribution is 2.29. The summed E-state index contributed by atoms with van der Waals surface area (Å²) >= 11 is 0. The summed E-state index contributed by atoms with van der Waals surface area (Å²) in [7, 11) is 0. The molecule has 0 bridgehead atoms. The topological polar surface area (TPSA) is 24.5 Å². The van der Waals surface area contributed by atoms with Crippen LogP contribution < -0.4 is 5.32 Å². The van der Waals surface area contributed by atoms with Crippen molar-refractivity contribution in [3.05, 3.63) is 0 Å². The molecule has 0 amide bonds. The fraction of sp³-hybridized carbons (Fsp3) is 1.00. The number of hydrogen-bond acceptors (Lipinski definition) is 3. The van der Waals surface area contributed by atoms with Gasteiger partial charge in [0.2, 0.25) is 0 Å². The van der Waals surface area contributed by atoms with E-state index in [2.05, 4.69) is 37.9 Å². The Balaban J connectivity index is 1.85. The van der Waals surface area contributed by atoms with Gasteiger partial charge in [0.15, 0.2) is 0 Å². The Morgan fingerprint density at radius 1 is 1.33 bits per heavy atom. The maximum atomic E-state index is 6.00. The number of nitrogens with one attached hydrogen (secondary N) is 1. The first-order valence-electron chi connectivity index (χ1n) is 7.65. The molecular weight excluding hydrogens is 224 g/mol. The van der Waals surface area contributed by atoms with Crippen molar-refractivity contribution in [2.75, 3.05) is 19.6 Å². The molecule has 0 aromatic rings. The zero-order chi connectivity index (χ0) is 13.2. The van der Waals surface area contributed by atoms with Gasteiger partial charge in [-0.2, -0.15) is 0 Å². The quantitative estimate of drug-likeness (QED) is 0.834. The third-order valence-corrected chi connectivity index (χ3v) is 4.20. The summed E-state index contributed by atoms with van der Waals surface area (Å²) in [4.78, 5) is 2.67. The first-order chi connectivity index (χ1) is 8.50. The fourth-order valence-corrected chi connectivity index (χ4v) is 3.60. The van der Waals surface area contributed by atoms with Gasteiger partial charge in [-0.15, -0.1) is 0 Å². The largest absolute Gasteiger partial charge is 0.370 e. The van der Waals surface area contributed by atoms with Gasteiger partial charge < -0.3 is 10.1 Å². The molecule has 0 aromatic heterocycles. The van der Waals surface area contributed by atoms with Crippen molar-refractivity contribution in [1.82, 2.24) is 10.2 Å². The van der Waals surface area contributed by atoms with E-state index in [1.165, 1.54) is 32.2 Å². The first kappa shape index (κ1) is 14.3. The molecule has 3 atom stereocenters. The number of hydrogen-bond donors (Lipinski definition) is 1. The van der Waals surface area contributed by atoms with E-state index in [9.17, 15) is 0 Å². The van der Waals surface area contributed by atoms with Gasteiger partial charge in [-0.1, -0.05) is 6.92 Å². The van der Waals surface area contributed by atoms with Crippen LogP contribution in [0.3, 0.4) is 0 Å². The molecule has 3 heteroatoms. The maximum Gasteiger partial charge on any atom is 0.0757 e. The molecule has 3 unspecified atom stereocenters. The van der Waals surface area contributed by atoms with Crippen LogP contribution in [-0.4, -0.2) is 48.3 Å². The lowest BCUT2D eigenvalue weighted by atomic mass is 10.0. The first-order valence-corrected chi connectivity index (χ1v) is 7.65. The molecule has 1 aliphatic carbocycles. The molecule has 1 saturated heterocycles. The average Bonchev–Trinajstić information content (AvgIpc) is 2.72. The van der Waals surface area contributed by atoms with Gasteiger partial charge in [0.1, 0.15) is 0 Å². The van der Waals surface area contributed by atoms with Crippen LogP contribution in [-0.2, 0) is 4.74 Å². The normalized spacial score (nSPS) is 37.0. The summed E-state index contributed by atoms with van der Waals surface area (Å²) in [6, 6.07) is 1.51. The molecule has 2 aliphatic rings. The summed E-state index contributed by atoms with van der Waals surface area (Å²) < 4.78 is 6.00. The Morgan fingerprint density at radius 2 is 2.11 bits per heavy atom. The van der Waals surface area contributed by atoms with Crippen LogP contribution in [0.1, 0.15) is 53.4 Å². The highest BCUT2D eigenvalue weighted by Gasteiger charge is 2.37. The summed E-state index contributed by atoms with van der Waals surface area (Å²) in [5, 5.41) is 3.67. The van der Waals surface area contributed by atoms with Gasteiger partial charge >= 0.3 is 0 Å². The van der Waals surface area contributed by atoms with E-state index in [0.717, 1.165) is 25.2 Å². The molecule has 1 N–H and O–H groups in total. The van der Waals surface area contributed by atoms with Gasteiger partial charge in [0.05, 0.1) is 11.7 Å². The Morgan fingerprint density at radius 3 is 2.78 bits per heavy atom. The minimum absolute atomic E-state index is 0.0204. The Hall–Kier alpha value is -0.120. The van der Waals surface area contributed by atoms with Crippen LogP contribution in [0, 0.1) is 0 Å². The highest BCUT2D eigenvalue weighted by molar-refractivity contribution is 4.92. The van der Waals surface area contributed by atoms with Crippen LogP contribution in [0.5, 0.6) is 0 Å². The molecule has 2 rings (SSSR count). The minimum Gasteiger partial charge on any atom is -0.370 e. The van der Waals surface area contributed by atoms with Crippen molar-refractivity contribution < 1.29 is 4.74 Å². The third kappa shape index (κ3) is 3.69. The molecule has 1 saturated carbocycles. The van der Waals surface area contributed by atoms with E-state index in [-0.39, 0.29) is 5.60 Å². The second-order valence-corrected chi connectivity index (χ2v) is 6.74. The second kappa shape index (κ2) is 5.89. The van der Waals surface area contributed by atoms with Crippen molar-refractivity contribution in [1.29, 1.82) is 0 Å². The van der Waals surface area contributed by atoms with E-state index in [1.54, 1.807) is 0 Å². The molecule has 1 heterocycles. The summed E-state index contributed by atoms with van der Waals surface area (Å²) in [6.07, 6.45) is 5.63. The standard InChI is InChI=1S/C15H30N2O/c1-5-8-16-13-6-7-14(9-13)17-10-12(2)18-15(3,4)11-17/h12-14,16H,5-11H2,1-4H3. The second-order valence-electron chi connectivity index (χ2n) is 6.74. The van der Waals surface area contributed by atoms with E-state index >= 15 is 0 Å². The van der Waals surface area contributed by atoms with Crippen LogP contribution in [0.4, 0.5) is 0 Å². The molecule has 3 nitrogen and oxygen atoms in total. The number of morpholine rings is 1. The van der Waals surface area contributed by atoms with E-state index < -0.39 is 0 Å². The van der Waals surface area contributed by atoms with Gasteiger partial charge in [-0.05, 0) is 53.0 Å². The van der Waals surface area contributed by atoms with E-state index in [4.69, 9.17) is 4.74 Å². The lowest BCUT2D eigenvalue weighted by Crippen LogP contribution is -2.54. The van der Waals surface area contributed by atoms with E-state index in [1.807, 2.05) is 0 Å². The number of rotatable bonds is 4. The van der Waals surface area contributed by atoms with E-state index in [0.29, 0.717) is 6.10 Å². The van der Waals surface area contributed by atoms with Crippen LogP contribution >= 0.6 is 0 Å². The summed E-state index contributed by atoms with van der Waals surface area (Å²) in [6.45, 7) is 12.2. The fourth-order valence-electron chi connectivity index (χ4n) is 3.60. The molecule has 0 spiro atoms. The van der Waals surface area contributed by atoms with Crippen molar-refractivity contribution in [3.63, 3.8) is 0 Å². The maximum absolute atomic E-state index is 6.00. The van der Waals surface area contributed by atoms with Gasteiger partial charge in [0, 0.05) is 25.2 Å². The Bertz CT molecular complexity index is 267. The SMILES string of the molecule is CCCNC1CCC(N2CC(C)OC(C)(C)C2)C1. The molecule has 0 aromatic carbocycles. The van der Waals surface area contributed by atoms with Gasteiger partial charge in [-0.25, -0.2) is 0 Å². The lowest BCUT2D eigenvalue weighted by Gasteiger charge is -2.44. The zero-order valence-corrected chi connectivity index (χ0v) is 12.5. The van der Waals surface area contributed by atoms with Crippen LogP contribution in [0.15, 0.2) is 0 Å². The zero-order valence-electron chi connectivity index (χ0n) is 12.5. The predicted molar refractivity (Wildman–Crippen MR) is 75.9 cm³/mol. The summed E-state index contributed by atoms with van der Waals surface area (Å²) in [5.74, 6) is 0. The van der Waals surface area contributed by atoms with Crippen molar-refractivity contribution in [2.24, 2.45) is 0 Å². The van der Waals surface area contributed by atoms with Crippen molar-refractivity contribution in [2.45, 2.75) is 77.2 Å². The molecule has 0 radical (unpaired) electrons. The van der Waals surface area contributed by atoms with Gasteiger partial charge in [0.25, 0.3) is 0 Å². The third-order valence-electron chi connectivity index (χ3n) is 4.20. The molecule has 18 heavy (non-hydrogen) atoms.